The van der Waals surface area contributed by atoms with Gasteiger partial charge in [-0.2, -0.15) is 0 Å². The maximum Gasteiger partial charge on any atom is 0.631 e. The number of hydrogen-bond donors (Lipinski definition) is 5. The largest absolute Gasteiger partial charge is 0.631 e. The van der Waals surface area contributed by atoms with E-state index in [1.165, 1.54) is 44.9 Å². The topological polar surface area (TPSA) is 113 Å². The number of hydrogen-bond acceptors (Lipinski definition) is 5. The summed E-state index contributed by atoms with van der Waals surface area (Å²) in [5.41, 5.74) is 10.9. The third kappa shape index (κ3) is 29.2. The van der Waals surface area contributed by atoms with Gasteiger partial charge in [-0.15, -0.1) is 0 Å². The van der Waals surface area contributed by atoms with E-state index in [9.17, 15) is 0 Å². The predicted octanol–water partition coefficient (Wildman–Crippen LogP) is 0.319. The molecule has 0 spiro atoms. The SMILES string of the molecule is CCCCCCCCCC(N)N.OB(O)O. The predicted molar refractivity (Wildman–Crippen MR) is 67.2 cm³/mol. The van der Waals surface area contributed by atoms with E-state index in [0.717, 1.165) is 6.42 Å². The number of nitrogens with two attached hydrogens (primary N) is 2. The van der Waals surface area contributed by atoms with Crippen molar-refractivity contribution in [3.8, 4) is 0 Å². The Hall–Kier alpha value is -0.135. The standard InChI is InChI=1S/C10H24N2.BH3O3/c1-2-3-4-5-6-7-8-9-10(11)12;2-1(3)4/h10H,2-9,11-12H2,1H3;2-4H. The van der Waals surface area contributed by atoms with Crippen molar-refractivity contribution >= 4 is 7.32 Å². The van der Waals surface area contributed by atoms with Crippen LogP contribution in [0.15, 0.2) is 0 Å². The summed E-state index contributed by atoms with van der Waals surface area (Å²) in [5.74, 6) is 0. The summed E-state index contributed by atoms with van der Waals surface area (Å²) < 4.78 is 0. The average Bonchev–Trinajstić information content (AvgIpc) is 2.15. The van der Waals surface area contributed by atoms with Crippen LogP contribution in [-0.2, 0) is 0 Å². The van der Waals surface area contributed by atoms with Gasteiger partial charge < -0.3 is 26.5 Å². The summed E-state index contributed by atoms with van der Waals surface area (Å²) in [5, 5.41) is 21.5. The molecule has 0 fully saturated rings. The van der Waals surface area contributed by atoms with Gasteiger partial charge in [-0.05, 0) is 6.42 Å². The number of rotatable bonds is 8. The van der Waals surface area contributed by atoms with Crippen LogP contribution in [0.1, 0.15) is 58.3 Å². The van der Waals surface area contributed by atoms with E-state index in [2.05, 4.69) is 6.92 Å². The summed E-state index contributed by atoms with van der Waals surface area (Å²) in [4.78, 5) is 0. The third-order valence-electron chi connectivity index (χ3n) is 2.14. The fraction of sp³-hybridized carbons (Fsp3) is 1.00. The van der Waals surface area contributed by atoms with Crippen LogP contribution in [-0.4, -0.2) is 28.6 Å². The molecule has 16 heavy (non-hydrogen) atoms. The molecule has 0 heterocycles. The first-order valence-corrected chi connectivity index (χ1v) is 6.06. The van der Waals surface area contributed by atoms with Gasteiger partial charge in [0, 0.05) is 0 Å². The van der Waals surface area contributed by atoms with Gasteiger partial charge in [0.15, 0.2) is 0 Å². The Labute approximate surface area is 99.0 Å². The van der Waals surface area contributed by atoms with E-state index in [4.69, 9.17) is 26.5 Å². The molecule has 5 nitrogen and oxygen atoms in total. The molecule has 0 unspecified atom stereocenters. The minimum atomic E-state index is -2.17. The fourth-order valence-electron chi connectivity index (χ4n) is 1.34. The Kier molecular flexibility index (Phi) is 16.9. The van der Waals surface area contributed by atoms with Crippen molar-refractivity contribution in [2.75, 3.05) is 0 Å². The first-order chi connectivity index (χ1) is 7.50. The second kappa shape index (κ2) is 14.9. The maximum atomic E-state index is 7.17. The van der Waals surface area contributed by atoms with Crippen LogP contribution in [0.5, 0.6) is 0 Å². The third-order valence-corrected chi connectivity index (χ3v) is 2.14. The Morgan fingerprint density at radius 3 is 1.62 bits per heavy atom. The van der Waals surface area contributed by atoms with E-state index in [0.29, 0.717) is 0 Å². The van der Waals surface area contributed by atoms with Gasteiger partial charge in [-0.1, -0.05) is 51.9 Å². The van der Waals surface area contributed by atoms with Crippen LogP contribution in [0.3, 0.4) is 0 Å². The van der Waals surface area contributed by atoms with Gasteiger partial charge in [-0.3, -0.25) is 0 Å². The highest BCUT2D eigenvalue weighted by Gasteiger charge is 1.94. The molecular formula is C10H27BN2O3. The molecule has 0 rings (SSSR count). The van der Waals surface area contributed by atoms with E-state index in [1.807, 2.05) is 0 Å². The molecule has 0 saturated carbocycles. The maximum absolute atomic E-state index is 7.17. The minimum Gasteiger partial charge on any atom is -0.402 e. The highest BCUT2D eigenvalue weighted by atomic mass is 16.5. The molecular weight excluding hydrogens is 207 g/mol. The van der Waals surface area contributed by atoms with E-state index in [1.54, 1.807) is 0 Å². The number of unbranched alkanes of at least 4 members (excludes halogenated alkanes) is 6. The summed E-state index contributed by atoms with van der Waals surface area (Å²) in [6, 6.07) is 0. The van der Waals surface area contributed by atoms with Gasteiger partial charge >= 0.3 is 7.32 Å². The summed E-state index contributed by atoms with van der Waals surface area (Å²) in [7, 11) is -2.17. The first kappa shape index (κ1) is 18.2. The van der Waals surface area contributed by atoms with Crippen LogP contribution in [0.4, 0.5) is 0 Å². The molecule has 7 N–H and O–H groups in total. The average molecular weight is 234 g/mol. The Morgan fingerprint density at radius 2 is 1.25 bits per heavy atom. The Bertz CT molecular complexity index is 124. The van der Waals surface area contributed by atoms with E-state index < -0.39 is 7.32 Å². The lowest BCUT2D eigenvalue weighted by Crippen LogP contribution is -2.29. The van der Waals surface area contributed by atoms with Crippen LogP contribution in [0.25, 0.3) is 0 Å². The minimum absolute atomic E-state index is 0.0966. The van der Waals surface area contributed by atoms with Crippen molar-refractivity contribution in [1.29, 1.82) is 0 Å². The van der Waals surface area contributed by atoms with Crippen LogP contribution in [0.2, 0.25) is 0 Å². The second-order valence-electron chi connectivity index (χ2n) is 3.92. The van der Waals surface area contributed by atoms with Gasteiger partial charge in [0.05, 0.1) is 6.17 Å². The zero-order chi connectivity index (χ0) is 12.8. The molecule has 98 valence electrons. The van der Waals surface area contributed by atoms with Crippen molar-refractivity contribution < 1.29 is 15.1 Å². The summed E-state index contributed by atoms with van der Waals surface area (Å²) >= 11 is 0. The summed E-state index contributed by atoms with van der Waals surface area (Å²) in [6.45, 7) is 2.24. The van der Waals surface area contributed by atoms with E-state index >= 15 is 0 Å². The van der Waals surface area contributed by atoms with Crippen molar-refractivity contribution in [3.05, 3.63) is 0 Å². The zero-order valence-corrected chi connectivity index (χ0v) is 10.3. The molecule has 0 bridgehead atoms. The normalized spacial score (nSPS) is 9.94. The molecule has 0 radical (unpaired) electrons. The van der Waals surface area contributed by atoms with Gasteiger partial charge in [0.2, 0.25) is 0 Å². The Balaban J connectivity index is 0. The van der Waals surface area contributed by atoms with Crippen LogP contribution >= 0.6 is 0 Å². The molecule has 0 aromatic carbocycles. The zero-order valence-electron chi connectivity index (χ0n) is 10.3. The van der Waals surface area contributed by atoms with Gasteiger partial charge in [0.25, 0.3) is 0 Å². The fourth-order valence-corrected chi connectivity index (χ4v) is 1.34. The highest BCUT2D eigenvalue weighted by Crippen LogP contribution is 2.08. The molecule has 0 atom stereocenters. The van der Waals surface area contributed by atoms with Crippen LogP contribution < -0.4 is 11.5 Å². The molecule has 0 aliphatic carbocycles. The van der Waals surface area contributed by atoms with Crippen molar-refractivity contribution in [2.24, 2.45) is 11.5 Å². The van der Waals surface area contributed by atoms with Gasteiger partial charge in [-0.25, -0.2) is 0 Å². The molecule has 0 aliphatic rings. The first-order valence-electron chi connectivity index (χ1n) is 6.06. The van der Waals surface area contributed by atoms with Crippen LogP contribution in [0, 0.1) is 0 Å². The Morgan fingerprint density at radius 1 is 0.875 bits per heavy atom. The lowest BCUT2D eigenvalue weighted by Gasteiger charge is -2.04. The molecule has 0 aromatic rings. The lowest BCUT2D eigenvalue weighted by atomic mass is 10.1. The smallest absolute Gasteiger partial charge is 0.402 e. The van der Waals surface area contributed by atoms with Crippen molar-refractivity contribution in [1.82, 2.24) is 0 Å². The molecule has 0 aliphatic heterocycles. The summed E-state index contributed by atoms with van der Waals surface area (Å²) in [6.07, 6.45) is 10.2. The monoisotopic (exact) mass is 234 g/mol. The van der Waals surface area contributed by atoms with Crippen molar-refractivity contribution in [3.63, 3.8) is 0 Å². The van der Waals surface area contributed by atoms with Gasteiger partial charge in [0.1, 0.15) is 0 Å². The van der Waals surface area contributed by atoms with E-state index in [-0.39, 0.29) is 6.17 Å². The quantitative estimate of drug-likeness (QED) is 0.236. The molecule has 6 heteroatoms. The molecule has 0 amide bonds. The van der Waals surface area contributed by atoms with Crippen molar-refractivity contribution in [2.45, 2.75) is 64.5 Å². The lowest BCUT2D eigenvalue weighted by molar-refractivity contribution is 0.278. The highest BCUT2D eigenvalue weighted by molar-refractivity contribution is 6.30. The second-order valence-corrected chi connectivity index (χ2v) is 3.92. The molecule has 0 aromatic heterocycles. The molecule has 0 saturated heterocycles.